The largest absolute Gasteiger partial charge is 0.481 e. The number of carbonyl (C=O) groups excluding carboxylic acids is 1. The summed E-state index contributed by atoms with van der Waals surface area (Å²) in [4.78, 5) is 19.2. The number of hydrogen-bond donors (Lipinski definition) is 2. The molecular weight excluding hydrogens is 384 g/mol. The Hall–Kier alpha value is -4.01. The fraction of sp³-hybridized carbons (Fsp3) is 0.190. The Labute approximate surface area is 172 Å². The summed E-state index contributed by atoms with van der Waals surface area (Å²) in [6, 6.07) is 13.3. The number of carbonyl (C=O) groups is 1. The van der Waals surface area contributed by atoms with Crippen LogP contribution in [0.25, 0.3) is 22.1 Å². The number of aryl methyl sites for hydroxylation is 1. The molecular formula is C21H20N6O3. The second-order valence-electron chi connectivity index (χ2n) is 6.51. The van der Waals surface area contributed by atoms with Gasteiger partial charge in [0.05, 0.1) is 12.8 Å². The van der Waals surface area contributed by atoms with E-state index in [9.17, 15) is 4.79 Å². The summed E-state index contributed by atoms with van der Waals surface area (Å²) >= 11 is 0. The number of fused-ring (bicyclic) bond motifs is 3. The van der Waals surface area contributed by atoms with Crippen molar-refractivity contribution in [3.05, 3.63) is 53.6 Å². The van der Waals surface area contributed by atoms with Gasteiger partial charge in [0.2, 0.25) is 0 Å². The number of rotatable bonds is 7. The van der Waals surface area contributed by atoms with Gasteiger partial charge in [0, 0.05) is 16.5 Å². The second kappa shape index (κ2) is 8.56. The van der Waals surface area contributed by atoms with Crippen molar-refractivity contribution in [1.82, 2.24) is 20.2 Å². The molecule has 30 heavy (non-hydrogen) atoms. The number of aromatic nitrogens is 4. The van der Waals surface area contributed by atoms with Gasteiger partial charge in [0.25, 0.3) is 5.95 Å². The molecule has 9 heteroatoms. The Morgan fingerprint density at radius 1 is 1.23 bits per heavy atom. The molecule has 4 aromatic rings. The van der Waals surface area contributed by atoms with Crippen LogP contribution in [0.4, 0.5) is 5.95 Å². The van der Waals surface area contributed by atoms with Gasteiger partial charge < -0.3 is 14.5 Å². The highest BCUT2D eigenvalue weighted by atomic mass is 16.6. The number of H-pyrrole nitrogens is 1. The van der Waals surface area contributed by atoms with Crippen LogP contribution in [0, 0.1) is 6.92 Å². The molecule has 0 amide bonds. The van der Waals surface area contributed by atoms with Crippen molar-refractivity contribution >= 4 is 40.2 Å². The van der Waals surface area contributed by atoms with Crippen molar-refractivity contribution in [1.29, 1.82) is 0 Å². The predicted molar refractivity (Wildman–Crippen MR) is 114 cm³/mol. The molecule has 0 bridgehead atoms. The summed E-state index contributed by atoms with van der Waals surface area (Å²) < 4.78 is 10.4. The fourth-order valence-corrected chi connectivity index (χ4v) is 2.95. The van der Waals surface area contributed by atoms with Gasteiger partial charge in [-0.3, -0.25) is 0 Å². The minimum Gasteiger partial charge on any atom is -0.481 e. The average Bonchev–Trinajstić information content (AvgIpc) is 3.10. The number of hydrazone groups is 1. The number of esters is 1. The Kier molecular flexibility index (Phi) is 5.51. The Bertz CT molecular complexity index is 1230. The van der Waals surface area contributed by atoms with Crippen LogP contribution >= 0.6 is 0 Å². The molecule has 2 aromatic heterocycles. The van der Waals surface area contributed by atoms with E-state index in [0.29, 0.717) is 29.1 Å². The number of ether oxygens (including phenoxy) is 2. The Balaban J connectivity index is 1.49. The quantitative estimate of drug-likeness (QED) is 0.276. The molecule has 0 radical (unpaired) electrons. The van der Waals surface area contributed by atoms with Crippen LogP contribution in [0.15, 0.2) is 47.6 Å². The molecule has 0 aliphatic heterocycles. The van der Waals surface area contributed by atoms with Gasteiger partial charge in [-0.05, 0) is 38.1 Å². The maximum atomic E-state index is 11.5. The van der Waals surface area contributed by atoms with E-state index >= 15 is 0 Å². The maximum absolute atomic E-state index is 11.5. The molecule has 0 aliphatic carbocycles. The Morgan fingerprint density at radius 3 is 2.97 bits per heavy atom. The highest BCUT2D eigenvalue weighted by molar-refractivity contribution is 6.03. The smallest absolute Gasteiger partial charge is 0.344 e. The third-order valence-corrected chi connectivity index (χ3v) is 4.31. The summed E-state index contributed by atoms with van der Waals surface area (Å²) in [5.41, 5.74) is 6.88. The lowest BCUT2D eigenvalue weighted by molar-refractivity contribution is -0.145. The molecule has 9 nitrogen and oxygen atoms in total. The van der Waals surface area contributed by atoms with Crippen molar-refractivity contribution < 1.29 is 14.3 Å². The third-order valence-electron chi connectivity index (χ3n) is 4.31. The maximum Gasteiger partial charge on any atom is 0.344 e. The molecule has 152 valence electrons. The van der Waals surface area contributed by atoms with E-state index in [0.717, 1.165) is 16.5 Å². The highest BCUT2D eigenvalue weighted by Crippen LogP contribution is 2.23. The molecule has 0 saturated carbocycles. The first-order valence-corrected chi connectivity index (χ1v) is 9.43. The summed E-state index contributed by atoms with van der Waals surface area (Å²) in [6.45, 7) is 3.91. The van der Waals surface area contributed by atoms with E-state index in [1.54, 1.807) is 19.2 Å². The van der Waals surface area contributed by atoms with Crippen molar-refractivity contribution in [3.63, 3.8) is 0 Å². The molecule has 0 spiro atoms. The number of benzene rings is 2. The Morgan fingerprint density at radius 2 is 2.10 bits per heavy atom. The molecule has 0 saturated heterocycles. The van der Waals surface area contributed by atoms with Crippen LogP contribution in [0.1, 0.15) is 18.1 Å². The fourth-order valence-electron chi connectivity index (χ4n) is 2.95. The molecule has 0 atom stereocenters. The van der Waals surface area contributed by atoms with Gasteiger partial charge in [0.15, 0.2) is 12.3 Å². The van der Waals surface area contributed by atoms with E-state index in [-0.39, 0.29) is 12.6 Å². The minimum absolute atomic E-state index is 0.171. The molecule has 4 rings (SSSR count). The van der Waals surface area contributed by atoms with Gasteiger partial charge in [-0.25, -0.2) is 10.2 Å². The zero-order valence-electron chi connectivity index (χ0n) is 16.5. The number of para-hydroxylation sites is 1. The van der Waals surface area contributed by atoms with E-state index in [4.69, 9.17) is 9.47 Å². The van der Waals surface area contributed by atoms with Crippen molar-refractivity contribution in [2.24, 2.45) is 5.10 Å². The summed E-state index contributed by atoms with van der Waals surface area (Å²) in [5.74, 6) is 0.340. The molecule has 0 aliphatic rings. The zero-order valence-corrected chi connectivity index (χ0v) is 16.5. The number of aromatic amines is 1. The van der Waals surface area contributed by atoms with Gasteiger partial charge in [-0.15, -0.1) is 10.2 Å². The normalized spacial score (nSPS) is 11.3. The number of anilines is 1. The van der Waals surface area contributed by atoms with Crippen LogP contribution in [0.5, 0.6) is 5.75 Å². The monoisotopic (exact) mass is 404 g/mol. The number of nitrogens with one attached hydrogen (secondary N) is 2. The first-order valence-electron chi connectivity index (χ1n) is 9.43. The summed E-state index contributed by atoms with van der Waals surface area (Å²) in [6.07, 6.45) is 1.56. The topological polar surface area (TPSA) is 114 Å². The van der Waals surface area contributed by atoms with E-state index in [1.807, 2.05) is 43.3 Å². The molecule has 2 heterocycles. The van der Waals surface area contributed by atoms with Gasteiger partial charge in [0.1, 0.15) is 11.3 Å². The first kappa shape index (κ1) is 19.3. The molecule has 2 aromatic carbocycles. The lowest BCUT2D eigenvalue weighted by atomic mass is 10.2. The highest BCUT2D eigenvalue weighted by Gasteiger charge is 2.09. The number of hydrogen-bond acceptors (Lipinski definition) is 8. The van der Waals surface area contributed by atoms with Crippen molar-refractivity contribution in [2.45, 2.75) is 13.8 Å². The van der Waals surface area contributed by atoms with E-state index in [1.165, 1.54) is 0 Å². The summed E-state index contributed by atoms with van der Waals surface area (Å²) in [7, 11) is 0. The molecule has 0 fully saturated rings. The van der Waals surface area contributed by atoms with Crippen LogP contribution < -0.4 is 10.2 Å². The molecule has 2 N–H and O–H groups in total. The van der Waals surface area contributed by atoms with Gasteiger partial charge in [-0.2, -0.15) is 10.1 Å². The van der Waals surface area contributed by atoms with Gasteiger partial charge in [-0.1, -0.05) is 23.8 Å². The van der Waals surface area contributed by atoms with E-state index < -0.39 is 5.97 Å². The van der Waals surface area contributed by atoms with E-state index in [2.05, 4.69) is 30.7 Å². The van der Waals surface area contributed by atoms with Crippen LogP contribution in [0.3, 0.4) is 0 Å². The average molecular weight is 404 g/mol. The zero-order chi connectivity index (χ0) is 20.9. The molecule has 0 unspecified atom stereocenters. The second-order valence-corrected chi connectivity index (χ2v) is 6.51. The predicted octanol–water partition coefficient (Wildman–Crippen LogP) is 3.20. The minimum atomic E-state index is -0.427. The third kappa shape index (κ3) is 4.19. The van der Waals surface area contributed by atoms with Crippen molar-refractivity contribution in [3.8, 4) is 5.75 Å². The lowest BCUT2D eigenvalue weighted by Crippen LogP contribution is -2.15. The number of nitrogens with zero attached hydrogens (tertiary/aromatic N) is 4. The summed E-state index contributed by atoms with van der Waals surface area (Å²) in [5, 5.41) is 13.5. The van der Waals surface area contributed by atoms with Crippen LogP contribution in [0.2, 0.25) is 0 Å². The van der Waals surface area contributed by atoms with Crippen LogP contribution in [-0.2, 0) is 9.53 Å². The standard InChI is InChI=1S/C21H20N6O3/c1-3-29-18(28)12-30-17-7-5-4-6-14(17)11-22-26-21-24-20-19(25-27-21)15-10-13(2)8-9-16(15)23-20/h4-11H,3,12H2,1-2H3,(H2,23,24,26,27)/b22-11+. The SMILES string of the molecule is CCOC(=O)COc1ccccc1/C=N/Nc1nnc2c(n1)[nH]c1ccc(C)cc12. The van der Waals surface area contributed by atoms with Gasteiger partial charge >= 0.3 is 5.97 Å². The first-order chi connectivity index (χ1) is 14.6. The van der Waals surface area contributed by atoms with Crippen LogP contribution in [-0.4, -0.2) is 45.6 Å². The van der Waals surface area contributed by atoms with Crippen molar-refractivity contribution in [2.75, 3.05) is 18.6 Å². The lowest BCUT2D eigenvalue weighted by Gasteiger charge is -2.08.